The van der Waals surface area contributed by atoms with Crippen LogP contribution in [0, 0.1) is 3.57 Å². The monoisotopic (exact) mass is 526 g/mol. The van der Waals surface area contributed by atoms with E-state index in [1.165, 1.54) is 0 Å². The number of rotatable bonds is 7. The fourth-order valence-corrected chi connectivity index (χ4v) is 3.78. The summed E-state index contributed by atoms with van der Waals surface area (Å²) in [5, 5.41) is 4.91. The van der Waals surface area contributed by atoms with Crippen LogP contribution in [-0.4, -0.2) is 19.2 Å². The van der Waals surface area contributed by atoms with Crippen LogP contribution in [-0.2, 0) is 6.61 Å². The number of nitrogens with zero attached hydrogens (tertiary/aromatic N) is 1. The minimum atomic E-state index is -0.420. The van der Waals surface area contributed by atoms with E-state index in [1.807, 2.05) is 60.7 Å². The quantitative estimate of drug-likeness (QED) is 0.199. The third kappa shape index (κ3) is 5.05. The first kappa shape index (κ1) is 20.9. The van der Waals surface area contributed by atoms with E-state index < -0.39 is 5.91 Å². The van der Waals surface area contributed by atoms with Gasteiger partial charge in [0.2, 0.25) is 0 Å². The van der Waals surface area contributed by atoms with Crippen molar-refractivity contribution in [3.8, 4) is 11.5 Å². The number of carbonyl (C=O) groups is 1. The van der Waals surface area contributed by atoms with Crippen molar-refractivity contribution in [1.82, 2.24) is 5.43 Å². The second-order valence-electron chi connectivity index (χ2n) is 6.66. The Bertz CT molecular complexity index is 1200. The molecule has 0 saturated carbocycles. The summed E-state index contributed by atoms with van der Waals surface area (Å²) in [5.74, 6) is 1.04. The molecule has 1 amide bonds. The Hall–Kier alpha value is -3.33. The zero-order valence-electron chi connectivity index (χ0n) is 16.7. The van der Waals surface area contributed by atoms with Crippen LogP contribution in [0.2, 0.25) is 0 Å². The Morgan fingerprint density at radius 1 is 1.10 bits per heavy atom. The molecular weight excluding hydrogens is 507 g/mol. The van der Waals surface area contributed by atoms with Crippen molar-refractivity contribution in [1.29, 1.82) is 0 Å². The molecule has 1 aromatic heterocycles. The summed E-state index contributed by atoms with van der Waals surface area (Å²) in [4.78, 5) is 12.3. The molecule has 0 spiro atoms. The largest absolute Gasteiger partial charge is 0.493 e. The molecule has 0 atom stereocenters. The van der Waals surface area contributed by atoms with Gasteiger partial charge in [-0.3, -0.25) is 4.79 Å². The second kappa shape index (κ2) is 9.65. The Labute approximate surface area is 193 Å². The van der Waals surface area contributed by atoms with E-state index in [-0.39, 0.29) is 5.76 Å². The standard InChI is InChI=1S/C24H19IN2O4/c1-29-21-12-17(11-19(25)23(21)30-15-16-7-3-2-4-8-16)14-26-27-24(28)22-13-18-9-5-6-10-20(18)31-22/h2-14H,15H2,1H3,(H,27,28)/b26-14+. The number of carbonyl (C=O) groups excluding carboxylic acids is 1. The number of ether oxygens (including phenoxy) is 2. The predicted octanol–water partition coefficient (Wildman–Crippen LogP) is 5.39. The minimum Gasteiger partial charge on any atom is -0.493 e. The van der Waals surface area contributed by atoms with Crippen LogP contribution in [0.3, 0.4) is 0 Å². The number of nitrogens with one attached hydrogen (secondary N) is 1. The van der Waals surface area contributed by atoms with Gasteiger partial charge in [-0.25, -0.2) is 5.43 Å². The molecule has 4 aromatic rings. The summed E-state index contributed by atoms with van der Waals surface area (Å²) < 4.78 is 17.9. The zero-order valence-corrected chi connectivity index (χ0v) is 18.8. The molecule has 0 radical (unpaired) electrons. The predicted molar refractivity (Wildman–Crippen MR) is 128 cm³/mol. The molecule has 0 unspecified atom stereocenters. The molecule has 156 valence electrons. The maximum atomic E-state index is 12.3. The van der Waals surface area contributed by atoms with E-state index in [4.69, 9.17) is 13.9 Å². The molecule has 0 bridgehead atoms. The van der Waals surface area contributed by atoms with Crippen molar-refractivity contribution in [2.45, 2.75) is 6.61 Å². The molecule has 6 nitrogen and oxygen atoms in total. The van der Waals surface area contributed by atoms with Crippen LogP contribution >= 0.6 is 22.6 Å². The zero-order chi connectivity index (χ0) is 21.6. The van der Waals surface area contributed by atoms with Gasteiger partial charge in [0.1, 0.15) is 12.2 Å². The van der Waals surface area contributed by atoms with E-state index in [9.17, 15) is 4.79 Å². The number of furan rings is 1. The Kier molecular flexibility index (Phi) is 6.51. The summed E-state index contributed by atoms with van der Waals surface area (Å²) in [7, 11) is 1.59. The Morgan fingerprint density at radius 3 is 2.65 bits per heavy atom. The van der Waals surface area contributed by atoms with E-state index in [0.29, 0.717) is 23.7 Å². The van der Waals surface area contributed by atoms with Gasteiger partial charge in [0.15, 0.2) is 17.3 Å². The normalized spacial score (nSPS) is 11.0. The van der Waals surface area contributed by atoms with E-state index >= 15 is 0 Å². The highest BCUT2D eigenvalue weighted by Gasteiger charge is 2.13. The number of benzene rings is 3. The summed E-state index contributed by atoms with van der Waals surface area (Å²) in [6.07, 6.45) is 1.55. The number of methoxy groups -OCH3 is 1. The fourth-order valence-electron chi connectivity index (χ4n) is 3.00. The molecule has 0 saturated heterocycles. The Balaban J connectivity index is 1.44. The van der Waals surface area contributed by atoms with Crippen molar-refractivity contribution in [2.75, 3.05) is 7.11 Å². The van der Waals surface area contributed by atoms with Gasteiger partial charge in [0.05, 0.1) is 16.9 Å². The number of hydrogen-bond acceptors (Lipinski definition) is 5. The van der Waals surface area contributed by atoms with Crippen molar-refractivity contribution in [2.24, 2.45) is 5.10 Å². The van der Waals surface area contributed by atoms with Crippen molar-refractivity contribution >= 4 is 45.7 Å². The third-order valence-corrected chi connectivity index (χ3v) is 5.31. The Morgan fingerprint density at radius 2 is 1.87 bits per heavy atom. The highest BCUT2D eigenvalue weighted by molar-refractivity contribution is 14.1. The molecule has 3 aromatic carbocycles. The summed E-state index contributed by atoms with van der Waals surface area (Å²) >= 11 is 2.19. The van der Waals surface area contributed by atoms with Gasteiger partial charge in [0, 0.05) is 5.39 Å². The lowest BCUT2D eigenvalue weighted by molar-refractivity contribution is 0.0929. The highest BCUT2D eigenvalue weighted by atomic mass is 127. The fraction of sp³-hybridized carbons (Fsp3) is 0.0833. The molecule has 0 aliphatic heterocycles. The van der Waals surface area contributed by atoms with Crippen LogP contribution in [0.1, 0.15) is 21.7 Å². The molecule has 4 rings (SSSR count). The first-order chi connectivity index (χ1) is 15.1. The van der Waals surface area contributed by atoms with Crippen LogP contribution in [0.25, 0.3) is 11.0 Å². The summed E-state index contributed by atoms with van der Waals surface area (Å²) in [6, 6.07) is 22.8. The van der Waals surface area contributed by atoms with Crippen molar-refractivity contribution < 1.29 is 18.7 Å². The number of fused-ring (bicyclic) bond motifs is 1. The van der Waals surface area contributed by atoms with E-state index in [1.54, 1.807) is 25.5 Å². The van der Waals surface area contributed by atoms with Gasteiger partial charge in [-0.1, -0.05) is 48.5 Å². The molecule has 0 aliphatic rings. The molecule has 31 heavy (non-hydrogen) atoms. The van der Waals surface area contributed by atoms with Gasteiger partial charge in [0.25, 0.3) is 0 Å². The number of hydrogen-bond donors (Lipinski definition) is 1. The average molecular weight is 526 g/mol. The van der Waals surface area contributed by atoms with Gasteiger partial charge in [-0.15, -0.1) is 0 Å². The summed E-state index contributed by atoms with van der Waals surface area (Å²) in [6.45, 7) is 0.439. The first-order valence-electron chi connectivity index (χ1n) is 9.50. The molecule has 7 heteroatoms. The van der Waals surface area contributed by atoms with Crippen molar-refractivity contribution in [3.05, 3.63) is 93.3 Å². The first-order valence-corrected chi connectivity index (χ1v) is 10.6. The topological polar surface area (TPSA) is 73.1 Å². The van der Waals surface area contributed by atoms with Crippen LogP contribution in [0.15, 0.2) is 82.3 Å². The molecule has 0 fully saturated rings. The van der Waals surface area contributed by atoms with E-state index in [0.717, 1.165) is 20.1 Å². The molecular formula is C24H19IN2O4. The number of halogens is 1. The SMILES string of the molecule is COc1cc(/C=N/NC(=O)c2cc3ccccc3o2)cc(I)c1OCc1ccccc1. The number of para-hydroxylation sites is 1. The molecule has 1 heterocycles. The van der Waals surface area contributed by atoms with Gasteiger partial charge in [-0.05, 0) is 58.0 Å². The maximum Gasteiger partial charge on any atom is 0.307 e. The minimum absolute atomic E-state index is 0.204. The lowest BCUT2D eigenvalue weighted by Crippen LogP contribution is -2.16. The van der Waals surface area contributed by atoms with E-state index in [2.05, 4.69) is 33.1 Å². The van der Waals surface area contributed by atoms with Crippen LogP contribution < -0.4 is 14.9 Å². The lowest BCUT2D eigenvalue weighted by Gasteiger charge is -2.13. The lowest BCUT2D eigenvalue weighted by atomic mass is 10.2. The molecule has 1 N–H and O–H groups in total. The van der Waals surface area contributed by atoms with Gasteiger partial charge < -0.3 is 13.9 Å². The second-order valence-corrected chi connectivity index (χ2v) is 7.82. The van der Waals surface area contributed by atoms with Crippen molar-refractivity contribution in [3.63, 3.8) is 0 Å². The molecule has 0 aliphatic carbocycles. The maximum absolute atomic E-state index is 12.3. The number of amides is 1. The summed E-state index contributed by atoms with van der Waals surface area (Å²) in [5.41, 5.74) is 4.97. The van der Waals surface area contributed by atoms with Crippen LogP contribution in [0.4, 0.5) is 0 Å². The van der Waals surface area contributed by atoms with Gasteiger partial charge >= 0.3 is 5.91 Å². The highest BCUT2D eigenvalue weighted by Crippen LogP contribution is 2.34. The number of hydrazone groups is 1. The van der Waals surface area contributed by atoms with Crippen LogP contribution in [0.5, 0.6) is 11.5 Å². The third-order valence-electron chi connectivity index (χ3n) is 4.51. The average Bonchev–Trinajstić information content (AvgIpc) is 3.23. The smallest absolute Gasteiger partial charge is 0.307 e. The van der Waals surface area contributed by atoms with Gasteiger partial charge in [-0.2, -0.15) is 5.10 Å².